The third kappa shape index (κ3) is 4.27. The van der Waals surface area contributed by atoms with Gasteiger partial charge in [-0.2, -0.15) is 0 Å². The van der Waals surface area contributed by atoms with Crippen LogP contribution in [0, 0.1) is 0 Å². The predicted octanol–water partition coefficient (Wildman–Crippen LogP) is 4.50. The Morgan fingerprint density at radius 3 is 2.61 bits per heavy atom. The number of hydrogen-bond donors (Lipinski definition) is 1. The monoisotopic (exact) mass is 435 g/mol. The first-order valence-corrected chi connectivity index (χ1v) is 10.2. The van der Waals surface area contributed by atoms with Crippen molar-refractivity contribution in [1.82, 2.24) is 14.9 Å². The molecule has 28 heavy (non-hydrogen) atoms. The second-order valence-corrected chi connectivity index (χ2v) is 8.13. The van der Waals surface area contributed by atoms with E-state index in [9.17, 15) is 4.79 Å². The summed E-state index contributed by atoms with van der Waals surface area (Å²) >= 11 is 13.5. The summed E-state index contributed by atoms with van der Waals surface area (Å²) in [4.78, 5) is 14.7. The Balaban J connectivity index is 1.81. The average molecular weight is 436 g/mol. The van der Waals surface area contributed by atoms with Crippen LogP contribution in [0.4, 0.5) is 5.69 Å². The van der Waals surface area contributed by atoms with Crippen molar-refractivity contribution in [3.8, 4) is 11.4 Å². The van der Waals surface area contributed by atoms with Gasteiger partial charge in [-0.15, -0.1) is 10.2 Å². The van der Waals surface area contributed by atoms with Crippen molar-refractivity contribution in [3.63, 3.8) is 0 Å². The van der Waals surface area contributed by atoms with E-state index in [1.807, 2.05) is 44.2 Å². The molecule has 9 heteroatoms. The molecular weight excluding hydrogens is 417 g/mol. The van der Waals surface area contributed by atoms with Gasteiger partial charge in [0.25, 0.3) is 0 Å². The van der Waals surface area contributed by atoms with Gasteiger partial charge in [-0.25, -0.2) is 4.68 Å². The highest BCUT2D eigenvalue weighted by Gasteiger charge is 2.25. The number of aromatic nitrogens is 3. The second-order valence-electron chi connectivity index (χ2n) is 5.98. The molecule has 6 nitrogen and oxygen atoms in total. The van der Waals surface area contributed by atoms with Gasteiger partial charge in [0.1, 0.15) is 0 Å². The number of carbonyl (C=O) groups excluding carboxylic acids is 1. The number of carbonyl (C=O) groups is 1. The number of nitrogen functional groups attached to an aromatic ring is 1. The smallest absolute Gasteiger partial charge is 0.240 e. The number of para-hydroxylation sites is 1. The Labute approximate surface area is 177 Å². The van der Waals surface area contributed by atoms with E-state index in [4.69, 9.17) is 29.0 Å². The summed E-state index contributed by atoms with van der Waals surface area (Å²) in [5, 5.41) is 9.23. The third-order valence-corrected chi connectivity index (χ3v) is 5.72. The number of nitrogens with zero attached hydrogens (tertiary/aromatic N) is 4. The Kier molecular flexibility index (Phi) is 6.49. The van der Waals surface area contributed by atoms with Crippen LogP contribution in [0.25, 0.3) is 11.4 Å². The number of nitrogens with two attached hydrogens (primary N) is 1. The van der Waals surface area contributed by atoms with Gasteiger partial charge in [0.15, 0.2) is 5.82 Å². The number of rotatable bonds is 6. The number of anilines is 1. The van der Waals surface area contributed by atoms with Gasteiger partial charge in [0.2, 0.25) is 11.1 Å². The van der Waals surface area contributed by atoms with E-state index in [0.29, 0.717) is 33.1 Å². The lowest BCUT2D eigenvalue weighted by Gasteiger charge is -2.24. The maximum absolute atomic E-state index is 12.9. The zero-order chi connectivity index (χ0) is 20.3. The van der Waals surface area contributed by atoms with E-state index in [1.165, 1.54) is 16.4 Å². The van der Waals surface area contributed by atoms with E-state index in [0.717, 1.165) is 5.69 Å². The van der Waals surface area contributed by atoms with Crippen molar-refractivity contribution < 1.29 is 4.79 Å². The van der Waals surface area contributed by atoms with Gasteiger partial charge in [-0.3, -0.25) is 4.79 Å². The predicted molar refractivity (Wildman–Crippen MR) is 115 cm³/mol. The summed E-state index contributed by atoms with van der Waals surface area (Å²) in [6, 6.07) is 14.6. The number of benzene rings is 2. The molecule has 1 aromatic heterocycles. The number of amides is 1. The summed E-state index contributed by atoms with van der Waals surface area (Å²) in [6.45, 7) is 4.32. The summed E-state index contributed by atoms with van der Waals surface area (Å²) in [6.07, 6.45) is 0. The highest BCUT2D eigenvalue weighted by atomic mass is 35.5. The van der Waals surface area contributed by atoms with Crippen molar-refractivity contribution in [1.29, 1.82) is 0 Å². The Morgan fingerprint density at radius 1 is 1.21 bits per heavy atom. The van der Waals surface area contributed by atoms with E-state index in [2.05, 4.69) is 10.2 Å². The van der Waals surface area contributed by atoms with Gasteiger partial charge in [-0.1, -0.05) is 53.2 Å². The average Bonchev–Trinajstić information content (AvgIpc) is 3.05. The molecule has 0 spiro atoms. The van der Waals surface area contributed by atoms with Crippen LogP contribution in [0.2, 0.25) is 10.0 Å². The third-order valence-electron chi connectivity index (χ3n) is 4.11. The minimum atomic E-state index is -0.408. The zero-order valence-corrected chi connectivity index (χ0v) is 17.7. The summed E-state index contributed by atoms with van der Waals surface area (Å²) in [5.41, 5.74) is 1.43. The molecule has 3 rings (SSSR count). The first-order valence-electron chi connectivity index (χ1n) is 8.61. The van der Waals surface area contributed by atoms with Crippen LogP contribution in [0.1, 0.15) is 13.8 Å². The Morgan fingerprint density at radius 2 is 1.93 bits per heavy atom. The van der Waals surface area contributed by atoms with Crippen molar-refractivity contribution in [2.45, 2.75) is 24.3 Å². The summed E-state index contributed by atoms with van der Waals surface area (Å²) in [7, 11) is 0. The van der Waals surface area contributed by atoms with Crippen LogP contribution in [0.15, 0.2) is 53.7 Å². The molecule has 1 heterocycles. The number of hydrogen-bond acceptors (Lipinski definition) is 5. The topological polar surface area (TPSA) is 77.0 Å². The fourth-order valence-electron chi connectivity index (χ4n) is 2.71. The maximum Gasteiger partial charge on any atom is 0.240 e. The molecule has 0 saturated heterocycles. The largest absolute Gasteiger partial charge is 0.335 e. The van der Waals surface area contributed by atoms with Crippen LogP contribution in [-0.2, 0) is 4.79 Å². The number of halogens is 2. The molecule has 2 N–H and O–H groups in total. The van der Waals surface area contributed by atoms with Crippen LogP contribution in [-0.4, -0.2) is 32.6 Å². The van der Waals surface area contributed by atoms with E-state index >= 15 is 0 Å². The maximum atomic E-state index is 12.9. The first-order chi connectivity index (χ1) is 13.4. The molecule has 0 saturated carbocycles. The van der Waals surface area contributed by atoms with Crippen molar-refractivity contribution in [2.75, 3.05) is 17.3 Å². The van der Waals surface area contributed by atoms with Gasteiger partial charge in [0.05, 0.1) is 10.3 Å². The lowest BCUT2D eigenvalue weighted by Crippen LogP contribution is -2.36. The molecule has 0 bridgehead atoms. The lowest BCUT2D eigenvalue weighted by atomic mass is 10.2. The molecule has 1 amide bonds. The van der Waals surface area contributed by atoms with Crippen molar-refractivity contribution in [2.24, 2.45) is 0 Å². The molecule has 2 aromatic carbocycles. The molecule has 0 radical (unpaired) electrons. The Bertz CT molecular complexity index is 980. The van der Waals surface area contributed by atoms with Gasteiger partial charge in [-0.05, 0) is 44.2 Å². The summed E-state index contributed by atoms with van der Waals surface area (Å²) < 4.78 is 1.32. The standard InChI is InChI=1S/C19H19Cl2N5OS/c1-3-25(14-7-5-4-6-8-14)18(27)12(2)28-19-24-23-17(26(19)22)15-11-13(20)9-10-16(15)21/h4-12H,3,22H2,1-2H3. The van der Waals surface area contributed by atoms with Crippen molar-refractivity contribution in [3.05, 3.63) is 58.6 Å². The molecule has 1 atom stereocenters. The normalized spacial score (nSPS) is 12.0. The zero-order valence-electron chi connectivity index (χ0n) is 15.3. The highest BCUT2D eigenvalue weighted by Crippen LogP contribution is 2.31. The first kappa shape index (κ1) is 20.5. The molecule has 0 aliphatic rings. The number of thioether (sulfide) groups is 1. The fraction of sp³-hybridized carbons (Fsp3) is 0.211. The molecule has 3 aromatic rings. The van der Waals surface area contributed by atoms with E-state index in [1.54, 1.807) is 23.1 Å². The second kappa shape index (κ2) is 8.86. The van der Waals surface area contributed by atoms with Gasteiger partial charge in [0, 0.05) is 22.8 Å². The van der Waals surface area contributed by atoms with E-state index < -0.39 is 5.25 Å². The molecular formula is C19H19Cl2N5OS. The quantitative estimate of drug-likeness (QED) is 0.455. The van der Waals surface area contributed by atoms with E-state index in [-0.39, 0.29) is 5.91 Å². The van der Waals surface area contributed by atoms with Crippen LogP contribution in [0.3, 0.4) is 0 Å². The van der Waals surface area contributed by atoms with Crippen molar-refractivity contribution >= 4 is 46.6 Å². The minimum Gasteiger partial charge on any atom is -0.335 e. The fourth-order valence-corrected chi connectivity index (χ4v) is 3.92. The molecule has 146 valence electrons. The molecule has 1 unspecified atom stereocenters. The lowest BCUT2D eigenvalue weighted by molar-refractivity contribution is -0.117. The summed E-state index contributed by atoms with van der Waals surface area (Å²) in [5.74, 6) is 6.51. The molecule has 0 aliphatic heterocycles. The van der Waals surface area contributed by atoms with Crippen LogP contribution < -0.4 is 10.7 Å². The highest BCUT2D eigenvalue weighted by molar-refractivity contribution is 8.00. The van der Waals surface area contributed by atoms with Crippen LogP contribution in [0.5, 0.6) is 0 Å². The minimum absolute atomic E-state index is 0.0379. The SMILES string of the molecule is CCN(C(=O)C(C)Sc1nnc(-c2cc(Cl)ccc2Cl)n1N)c1ccccc1. The van der Waals surface area contributed by atoms with Gasteiger partial charge >= 0.3 is 0 Å². The molecule has 0 aliphatic carbocycles. The Hall–Kier alpha value is -2.22. The van der Waals surface area contributed by atoms with Gasteiger partial charge < -0.3 is 10.7 Å². The van der Waals surface area contributed by atoms with Crippen LogP contribution >= 0.6 is 35.0 Å². The molecule has 0 fully saturated rings.